The van der Waals surface area contributed by atoms with Crippen molar-refractivity contribution in [2.75, 3.05) is 66.4 Å². The maximum Gasteiger partial charge on any atom is 0.305 e. The number of halogens is 5. The number of hydrogen-bond acceptors (Lipinski definition) is 18. The summed E-state index contributed by atoms with van der Waals surface area (Å²) in [6, 6.07) is 17.7. The lowest BCUT2D eigenvalue weighted by molar-refractivity contribution is -0.151. The molecule has 8 rings (SSSR count). The number of amides is 15. The summed E-state index contributed by atoms with van der Waals surface area (Å²) in [7, 11) is 6.20. The van der Waals surface area contributed by atoms with Gasteiger partial charge in [0.05, 0.1) is 31.8 Å². The van der Waals surface area contributed by atoms with E-state index in [9.17, 15) is 57.8 Å². The molecule has 714 valence electrons. The fourth-order valence-corrected chi connectivity index (χ4v) is 16.0. The summed E-state index contributed by atoms with van der Waals surface area (Å²) < 4.78 is 77.5. The van der Waals surface area contributed by atoms with Gasteiger partial charge >= 0.3 is 5.97 Å². The molecule has 0 unspecified atom stereocenters. The highest BCUT2D eigenvalue weighted by Gasteiger charge is 2.43. The van der Waals surface area contributed by atoms with Gasteiger partial charge in [-0.25, -0.2) is 22.0 Å². The van der Waals surface area contributed by atoms with Crippen molar-refractivity contribution < 1.29 is 109 Å². The van der Waals surface area contributed by atoms with Gasteiger partial charge in [0.25, 0.3) is 0 Å². The second kappa shape index (κ2) is 49.4. The zero-order valence-electron chi connectivity index (χ0n) is 75.2. The monoisotopic (exact) mass is 1870 g/mol. The number of aromatic hydroxyl groups is 1. The highest BCUT2D eigenvalue weighted by Crippen LogP contribution is 2.28. The normalized spacial score (nSPS) is 21.6. The van der Waals surface area contributed by atoms with Crippen LogP contribution in [-0.4, -0.2) is 267 Å². The number of carbonyl (C=O) groups is 16. The predicted molar refractivity (Wildman–Crippen MR) is 480 cm³/mol. The quantitative estimate of drug-likeness (QED) is 0.0248. The summed E-state index contributed by atoms with van der Waals surface area (Å²) in [6.45, 7) is 5.32. The van der Waals surface area contributed by atoms with Crippen LogP contribution in [0, 0.1) is 40.9 Å². The number of nitrogens with one attached hydrogen (secondary N) is 10. The number of nitrogens with zero attached hydrogens (tertiary/aromatic N) is 5. The number of carboxylic acids is 1. The van der Waals surface area contributed by atoms with Crippen LogP contribution in [0.15, 0.2) is 146 Å². The third-order valence-electron chi connectivity index (χ3n) is 22.4. The van der Waals surface area contributed by atoms with E-state index in [0.29, 0.717) is 57.8 Å². The van der Waals surface area contributed by atoms with E-state index in [4.69, 9.17) is 5.73 Å². The van der Waals surface area contributed by atoms with E-state index in [1.54, 1.807) is 129 Å². The van der Waals surface area contributed by atoms with Crippen molar-refractivity contribution in [1.82, 2.24) is 77.3 Å². The Morgan fingerprint density at radius 1 is 0.474 bits per heavy atom. The van der Waals surface area contributed by atoms with Gasteiger partial charge in [-0.3, -0.25) is 76.7 Å². The topological polar surface area (TPSA) is 480 Å². The SMILES string of the molecule is CCCC[C@H]1C(=O)N(C)CC(=O)N[C@@H](CC(=O)O)C(=O)N[C@@H](C(C)C)C(=O)N(C)[C@@H](Cc2ccccc2)C(=O)N[C@@H](Cc2ccc(O)cc2)C(=O)N(C)CC(=O)N[C@@H](Cc2c[nH]c3ccccc23)C(=O)N[C@@H](Cc2c(F)c(F)c(F)c(F)c2F)C(=O)N[C@@H](CC(C)C)C(=O)N[C@H](C(=O)NCC(N)=O)CSCC(=O)N[C@@H](Cc2ccccc2)C(=O)N(C)[C@@H](Cc2ccccc2)C(=O)N1C. The number of rotatable bonds is 23. The largest absolute Gasteiger partial charge is 0.508 e. The summed E-state index contributed by atoms with van der Waals surface area (Å²) in [5.74, 6) is -32.9. The number of phenols is 1. The molecule has 0 aliphatic carbocycles. The average molecular weight is 1870 g/mol. The number of nitrogens with two attached hydrogens (primary N) is 1. The van der Waals surface area contributed by atoms with Crippen molar-refractivity contribution >= 4 is 117 Å². The van der Waals surface area contributed by atoms with Gasteiger partial charge in [-0.1, -0.05) is 169 Å². The molecule has 0 radical (unpaired) electrons. The smallest absolute Gasteiger partial charge is 0.305 e. The minimum absolute atomic E-state index is 0.0140. The van der Waals surface area contributed by atoms with Crippen LogP contribution >= 0.6 is 11.8 Å². The molecule has 1 saturated heterocycles. The van der Waals surface area contributed by atoms with Crippen LogP contribution in [0.4, 0.5) is 22.0 Å². The number of carboxylic acid groups (broad SMARTS) is 1. The van der Waals surface area contributed by atoms with E-state index in [1.165, 1.54) is 72.5 Å². The number of aromatic amines is 1. The number of hydrogen-bond donors (Lipinski definition) is 13. The number of likely N-dealkylation sites (N-methyl/N-ethyl adjacent to an activating group) is 5. The maximum atomic E-state index is 16.1. The van der Waals surface area contributed by atoms with Crippen LogP contribution in [0.1, 0.15) is 100 Å². The third kappa shape index (κ3) is 29.8. The second-order valence-electron chi connectivity index (χ2n) is 33.4. The molecular weight excluding hydrogens is 1760 g/mol. The lowest BCUT2D eigenvalue weighted by atomic mass is 9.98. The first-order valence-corrected chi connectivity index (χ1v) is 44.2. The van der Waals surface area contributed by atoms with Gasteiger partial charge in [0.1, 0.15) is 72.2 Å². The Hall–Kier alpha value is -13.8. The molecule has 133 heavy (non-hydrogen) atoms. The molecule has 15 amide bonds. The van der Waals surface area contributed by atoms with Gasteiger partial charge in [-0.2, -0.15) is 0 Å². The Morgan fingerprint density at radius 3 is 1.48 bits per heavy atom. The van der Waals surface area contributed by atoms with Crippen LogP contribution < -0.4 is 53.6 Å². The molecule has 2 heterocycles. The molecule has 0 saturated carbocycles. The molecule has 0 spiro atoms. The summed E-state index contributed by atoms with van der Waals surface area (Å²) in [4.78, 5) is 243. The van der Waals surface area contributed by atoms with Crippen molar-refractivity contribution in [3.63, 3.8) is 0 Å². The van der Waals surface area contributed by atoms with E-state index in [2.05, 4.69) is 52.8 Å². The van der Waals surface area contributed by atoms with E-state index < -0.39 is 264 Å². The fraction of sp³-hybridized carbons (Fsp3) is 0.419. The van der Waals surface area contributed by atoms with Crippen molar-refractivity contribution in [2.45, 2.75) is 172 Å². The van der Waals surface area contributed by atoms with Gasteiger partial charge in [-0.15, -0.1) is 11.8 Å². The molecule has 40 heteroatoms. The van der Waals surface area contributed by atoms with Crippen molar-refractivity contribution in [2.24, 2.45) is 17.6 Å². The minimum Gasteiger partial charge on any atom is -0.508 e. The van der Waals surface area contributed by atoms with Crippen LogP contribution in [0.5, 0.6) is 5.75 Å². The lowest BCUT2D eigenvalue weighted by Gasteiger charge is -2.37. The first-order valence-electron chi connectivity index (χ1n) is 43.1. The number of para-hydroxylation sites is 1. The number of benzene rings is 6. The number of H-pyrrole nitrogens is 1. The summed E-state index contributed by atoms with van der Waals surface area (Å²) >= 11 is 0.693. The molecule has 1 aromatic heterocycles. The van der Waals surface area contributed by atoms with Crippen molar-refractivity contribution in [3.05, 3.63) is 208 Å². The molecule has 6 aromatic carbocycles. The van der Waals surface area contributed by atoms with E-state index >= 15 is 51.1 Å². The number of thioether (sulfide) groups is 1. The Bertz CT molecular complexity index is 5310. The van der Waals surface area contributed by atoms with Gasteiger partial charge < -0.3 is 93.3 Å². The number of fused-ring (bicyclic) bond motifs is 1. The van der Waals surface area contributed by atoms with Crippen LogP contribution in [-0.2, 0) is 115 Å². The van der Waals surface area contributed by atoms with Gasteiger partial charge in [0.2, 0.25) is 94.4 Å². The third-order valence-corrected chi connectivity index (χ3v) is 23.4. The first kappa shape index (κ1) is 105. The summed E-state index contributed by atoms with van der Waals surface area (Å²) in [6.07, 6.45) is -2.42. The van der Waals surface area contributed by atoms with E-state index in [1.807, 2.05) is 6.92 Å². The Labute approximate surface area is 769 Å². The number of aromatic nitrogens is 1. The first-order chi connectivity index (χ1) is 63.0. The Morgan fingerprint density at radius 2 is 0.932 bits per heavy atom. The molecule has 7 aromatic rings. The van der Waals surface area contributed by atoms with Gasteiger partial charge in [0.15, 0.2) is 23.3 Å². The molecule has 14 N–H and O–H groups in total. The number of phenolic OH excluding ortho intramolecular Hbond substituents is 1. The van der Waals surface area contributed by atoms with Gasteiger partial charge in [0, 0.05) is 102 Å². The predicted octanol–water partition coefficient (Wildman–Crippen LogP) is 3.32. The number of unbranched alkanes of at least 4 members (excludes halogenated alkanes) is 1. The average Bonchev–Trinajstić information content (AvgIpc) is 1.54. The molecule has 1 aliphatic rings. The molecule has 1 aliphatic heterocycles. The molecule has 1 fully saturated rings. The molecule has 11 atom stereocenters. The highest BCUT2D eigenvalue weighted by atomic mass is 32.2. The number of carbonyl (C=O) groups excluding carboxylic acids is 15. The molecular formula is C93H113F5N16O18S. The van der Waals surface area contributed by atoms with Crippen molar-refractivity contribution in [3.8, 4) is 5.75 Å². The fourth-order valence-electron chi connectivity index (χ4n) is 15.1. The van der Waals surface area contributed by atoms with Crippen LogP contribution in [0.3, 0.4) is 0 Å². The number of aliphatic carboxylic acids is 1. The maximum absolute atomic E-state index is 16.1. The van der Waals surface area contributed by atoms with Crippen LogP contribution in [0.2, 0.25) is 0 Å². The zero-order chi connectivity index (χ0) is 97.8. The molecule has 0 bridgehead atoms. The Kier molecular flexibility index (Phi) is 38.9. The summed E-state index contributed by atoms with van der Waals surface area (Å²) in [5, 5.41) is 43.3. The standard InChI is InChI=1S/C93H113F5N16O18S/c1-11-12-32-69-91(130)111(7)48-74(118)103-65(44-76(120)121)87(126)109-82(52(4)5)93(132)113(9)70(40-54-26-18-14-19-27-54)88(127)107-66(39-56-33-35-58(115)36-34-56)89(128)110(6)47-73(117)102-63(42-57-45-100-61-31-23-22-30-59(57)61)85(124)106-64(43-60-77(94)79(96)81(98)80(97)78(60)95)86(125)105-62(37-51(2)3)84(123)108-68(83(122)101-46-72(99)116)49-133-50-75(119)104-67(38-53-24-16-13-17-25-53)90(129)114(10)71(92(131)112(69)8)41-55-28-20-15-21-29-55/h13-31,33-36,45,51-52,62-71,82,100,115H,11-12,32,37-44,46-50H2,1-10H3,(H2,99,116)(H,101,122)(H,102,117)(H,103,118)(H,104,119)(H,105,125)(H,106,124)(H,107,127)(H,108,123)(H,109,126)(H,120,121)/t62-,63-,64-,65-,66-,67-,68-,69-,70-,71-,82-/m0/s1. The Balaban J connectivity index is 1.24. The van der Waals surface area contributed by atoms with Crippen molar-refractivity contribution in [1.29, 1.82) is 0 Å². The second-order valence-corrected chi connectivity index (χ2v) is 34.5. The minimum atomic E-state index is -2.60. The van der Waals surface area contributed by atoms with E-state index in [0.717, 1.165) is 31.5 Å². The lowest BCUT2D eigenvalue weighted by Crippen LogP contribution is -2.61. The summed E-state index contributed by atoms with van der Waals surface area (Å²) in [5.41, 5.74) is 6.34. The highest BCUT2D eigenvalue weighted by molar-refractivity contribution is 8.00. The van der Waals surface area contributed by atoms with Gasteiger partial charge in [-0.05, 0) is 70.7 Å². The van der Waals surface area contributed by atoms with E-state index in [-0.39, 0.29) is 43.4 Å². The zero-order valence-corrected chi connectivity index (χ0v) is 76.0. The molecule has 34 nitrogen and oxygen atoms in total. The van der Waals surface area contributed by atoms with Crippen LogP contribution in [0.25, 0.3) is 10.9 Å². The number of primary amides is 1.